The number of halogens is 1. The smallest absolute Gasteiger partial charge is 0.321 e. The lowest BCUT2D eigenvalue weighted by Crippen LogP contribution is -1.92. The maximum absolute atomic E-state index is 14.3. The van der Waals surface area contributed by atoms with E-state index in [9.17, 15) is 9.30 Å². The average molecular weight is 379 g/mol. The molecule has 7 heteroatoms. The van der Waals surface area contributed by atoms with Gasteiger partial charge < -0.3 is 4.74 Å². The van der Waals surface area contributed by atoms with Crippen LogP contribution in [0.3, 0.4) is 0 Å². The molecule has 0 atom stereocenters. The molecule has 0 saturated carbocycles. The lowest BCUT2D eigenvalue weighted by atomic mass is 10.1. The molecule has 0 aliphatic heterocycles. The quantitative estimate of drug-likeness (QED) is 0.404. The Kier molecular flexibility index (Phi) is 4.60. The molecular formula is C20H14FN3O2S. The first-order chi connectivity index (χ1) is 13.2. The topological polar surface area (TPSA) is 64.4 Å². The highest BCUT2D eigenvalue weighted by Gasteiger charge is 2.14. The van der Waals surface area contributed by atoms with Crippen molar-refractivity contribution < 1.29 is 9.13 Å². The van der Waals surface area contributed by atoms with Crippen LogP contribution in [-0.2, 0) is 6.42 Å². The van der Waals surface area contributed by atoms with E-state index in [2.05, 4.69) is 15.1 Å². The Morgan fingerprint density at radius 1 is 1.15 bits per heavy atom. The molecule has 0 radical (unpaired) electrons. The summed E-state index contributed by atoms with van der Waals surface area (Å²) in [4.78, 5) is 19.8. The number of thiophene rings is 1. The van der Waals surface area contributed by atoms with Gasteiger partial charge in [0.15, 0.2) is 5.82 Å². The minimum absolute atomic E-state index is 0.162. The summed E-state index contributed by atoms with van der Waals surface area (Å²) in [5.74, 6) is 0.0782. The zero-order valence-electron chi connectivity index (χ0n) is 14.3. The highest BCUT2D eigenvalue weighted by atomic mass is 32.1. The molecule has 0 bridgehead atoms. The van der Waals surface area contributed by atoms with E-state index in [1.54, 1.807) is 41.9 Å². The molecule has 0 saturated heterocycles. The molecule has 2 aromatic heterocycles. The number of rotatable bonds is 5. The number of benzene rings is 2. The number of nitrogens with zero attached hydrogens (tertiary/aromatic N) is 3. The Balaban J connectivity index is 1.67. The summed E-state index contributed by atoms with van der Waals surface area (Å²) in [6.07, 6.45) is 3.63. The molecule has 0 amide bonds. The minimum Gasteiger partial charge on any atom is -0.424 e. The number of fused-ring (bicyclic) bond motifs is 1. The molecule has 0 spiro atoms. The predicted octanol–water partition coefficient (Wildman–Crippen LogP) is 5.92. The summed E-state index contributed by atoms with van der Waals surface area (Å²) < 4.78 is 21.0. The first kappa shape index (κ1) is 17.2. The van der Waals surface area contributed by atoms with Crippen LogP contribution in [0.1, 0.15) is 16.0 Å². The van der Waals surface area contributed by atoms with Crippen LogP contribution >= 0.6 is 11.3 Å². The van der Waals surface area contributed by atoms with E-state index >= 15 is 0 Å². The van der Waals surface area contributed by atoms with Crippen LogP contribution in [0, 0.1) is 17.6 Å². The number of hydrogen-bond acceptors (Lipinski definition) is 6. The van der Waals surface area contributed by atoms with Crippen LogP contribution in [0.15, 0.2) is 60.0 Å². The van der Waals surface area contributed by atoms with Crippen LogP contribution in [0.2, 0.25) is 0 Å². The van der Waals surface area contributed by atoms with Gasteiger partial charge in [-0.2, -0.15) is 0 Å². The van der Waals surface area contributed by atoms with Crippen molar-refractivity contribution in [2.45, 2.75) is 13.3 Å². The third-order valence-electron chi connectivity index (χ3n) is 4.27. The monoisotopic (exact) mass is 379 g/mol. The van der Waals surface area contributed by atoms with Gasteiger partial charge in [-0.15, -0.1) is 16.2 Å². The highest BCUT2D eigenvalue weighted by Crippen LogP contribution is 2.36. The van der Waals surface area contributed by atoms with Gasteiger partial charge in [0.1, 0.15) is 11.4 Å². The molecule has 0 unspecified atom stereocenters. The Morgan fingerprint density at radius 2 is 1.96 bits per heavy atom. The first-order valence-electron chi connectivity index (χ1n) is 8.23. The van der Waals surface area contributed by atoms with Crippen molar-refractivity contribution in [3.8, 4) is 11.8 Å². The maximum atomic E-state index is 14.3. The average Bonchev–Trinajstić information content (AvgIpc) is 2.99. The summed E-state index contributed by atoms with van der Waals surface area (Å²) in [7, 11) is 0. The van der Waals surface area contributed by atoms with Crippen molar-refractivity contribution in [3.05, 3.63) is 81.6 Å². The number of aromatic nitrogens is 2. The van der Waals surface area contributed by atoms with Crippen molar-refractivity contribution in [2.75, 3.05) is 0 Å². The summed E-state index contributed by atoms with van der Waals surface area (Å²) in [6, 6.07) is 12.5. The Morgan fingerprint density at radius 3 is 2.74 bits per heavy atom. The lowest BCUT2D eigenvalue weighted by molar-refractivity contribution is 0.442. The summed E-state index contributed by atoms with van der Waals surface area (Å²) >= 11 is 1.57. The molecule has 5 nitrogen and oxygen atoms in total. The van der Waals surface area contributed by atoms with Crippen LogP contribution < -0.4 is 4.74 Å². The molecule has 4 aromatic rings. The van der Waals surface area contributed by atoms with Crippen LogP contribution in [-0.4, -0.2) is 9.97 Å². The zero-order chi connectivity index (χ0) is 18.8. The van der Waals surface area contributed by atoms with Gasteiger partial charge in [0.25, 0.3) is 0 Å². The van der Waals surface area contributed by atoms with E-state index in [0.717, 1.165) is 20.5 Å². The molecule has 27 heavy (non-hydrogen) atoms. The van der Waals surface area contributed by atoms with E-state index in [1.165, 1.54) is 6.07 Å². The van der Waals surface area contributed by atoms with Crippen molar-refractivity contribution in [3.63, 3.8) is 0 Å². The second-order valence-corrected chi connectivity index (χ2v) is 7.10. The molecule has 2 heterocycles. The number of ether oxygens (including phenoxy) is 1. The Hall–Kier alpha value is -3.19. The van der Waals surface area contributed by atoms with E-state index in [-0.39, 0.29) is 11.7 Å². The second kappa shape index (κ2) is 7.20. The van der Waals surface area contributed by atoms with Crippen LogP contribution in [0.4, 0.5) is 10.1 Å². The van der Waals surface area contributed by atoms with Crippen molar-refractivity contribution >= 4 is 27.1 Å². The summed E-state index contributed by atoms with van der Waals surface area (Å²) in [5.41, 5.74) is 1.38. The van der Waals surface area contributed by atoms with Gasteiger partial charge in [-0.05, 0) is 58.9 Å². The zero-order valence-corrected chi connectivity index (χ0v) is 15.2. The van der Waals surface area contributed by atoms with Gasteiger partial charge in [0.2, 0.25) is 0 Å². The van der Waals surface area contributed by atoms with Gasteiger partial charge in [0, 0.05) is 28.4 Å². The van der Waals surface area contributed by atoms with E-state index in [4.69, 9.17) is 4.74 Å². The molecule has 134 valence electrons. The van der Waals surface area contributed by atoms with Gasteiger partial charge >= 0.3 is 6.01 Å². The Labute approximate surface area is 158 Å². The largest absolute Gasteiger partial charge is 0.424 e. The van der Waals surface area contributed by atoms with Gasteiger partial charge in [0.05, 0.1) is 0 Å². The van der Waals surface area contributed by atoms with Crippen molar-refractivity contribution in [1.82, 2.24) is 9.97 Å². The molecule has 0 aliphatic carbocycles. The normalized spacial score (nSPS) is 10.9. The van der Waals surface area contributed by atoms with E-state index < -0.39 is 5.82 Å². The molecule has 0 N–H and O–H groups in total. The fourth-order valence-corrected chi connectivity index (χ4v) is 4.14. The van der Waals surface area contributed by atoms with Gasteiger partial charge in [-0.25, -0.2) is 14.4 Å². The fourth-order valence-electron chi connectivity index (χ4n) is 2.88. The molecular weight excluding hydrogens is 365 g/mol. The summed E-state index contributed by atoms with van der Waals surface area (Å²) in [6.45, 7) is 2.01. The van der Waals surface area contributed by atoms with Crippen LogP contribution in [0.25, 0.3) is 10.1 Å². The third kappa shape index (κ3) is 3.41. The highest BCUT2D eigenvalue weighted by molar-refractivity contribution is 7.19. The Bertz CT molecular complexity index is 1130. The fraction of sp³-hybridized carbons (Fsp3) is 0.100. The molecule has 0 aliphatic rings. The first-order valence-corrected chi connectivity index (χ1v) is 9.05. The van der Waals surface area contributed by atoms with E-state index in [0.29, 0.717) is 17.7 Å². The molecule has 2 aromatic carbocycles. The van der Waals surface area contributed by atoms with Crippen molar-refractivity contribution in [2.24, 2.45) is 5.18 Å². The van der Waals surface area contributed by atoms with Gasteiger partial charge in [-0.1, -0.05) is 12.1 Å². The number of hydrogen-bond donors (Lipinski definition) is 0. The SMILES string of the molecule is Cc1c(Cc2cccc(N=O)c2F)sc2cc(Oc3ncccn3)ccc12. The second-order valence-electron chi connectivity index (χ2n) is 5.96. The predicted molar refractivity (Wildman–Crippen MR) is 103 cm³/mol. The molecule has 4 rings (SSSR count). The summed E-state index contributed by atoms with van der Waals surface area (Å²) in [5, 5.41) is 3.82. The minimum atomic E-state index is -0.561. The number of nitroso groups, excluding NO2 is 1. The maximum Gasteiger partial charge on any atom is 0.321 e. The number of aryl methyl sites for hydroxylation is 1. The van der Waals surface area contributed by atoms with E-state index in [1.807, 2.05) is 25.1 Å². The van der Waals surface area contributed by atoms with Crippen LogP contribution in [0.5, 0.6) is 11.8 Å². The lowest BCUT2D eigenvalue weighted by Gasteiger charge is -2.04. The third-order valence-corrected chi connectivity index (χ3v) is 5.52. The van der Waals surface area contributed by atoms with Crippen molar-refractivity contribution in [1.29, 1.82) is 0 Å². The standard InChI is InChI=1S/C20H14FN3O2S/c1-12-15-7-6-14(26-20-22-8-3-9-23-20)11-18(15)27-17(12)10-13-4-2-5-16(24-25)19(13)21/h2-9,11H,10H2,1H3. The van der Waals surface area contributed by atoms with Gasteiger partial charge in [-0.3, -0.25) is 0 Å². The molecule has 0 fully saturated rings.